The van der Waals surface area contributed by atoms with Crippen molar-refractivity contribution in [2.45, 2.75) is 0 Å². The number of nitrogens with one attached hydrogen (secondary N) is 1. The first-order valence-electron chi connectivity index (χ1n) is 9.43. The van der Waals surface area contributed by atoms with Crippen LogP contribution in [0.3, 0.4) is 0 Å². The Morgan fingerprint density at radius 3 is 2.76 bits per heavy atom. The lowest BCUT2D eigenvalue weighted by atomic mass is 9.98. The Hall–Kier alpha value is -3.39. The number of nitrogens with zero attached hydrogens (tertiary/aromatic N) is 4. The van der Waals surface area contributed by atoms with Crippen LogP contribution in [-0.4, -0.2) is 53.9 Å². The molecule has 3 N–H and O–H groups in total. The molecule has 1 fully saturated rings. The van der Waals surface area contributed by atoms with Crippen LogP contribution in [0.2, 0.25) is 0 Å². The standard InChI is InChI=1S/C21H24N6O2/c1-26-18(13-19(25-26)27-8-10-29-11-9-27)20(23)16-12-14(5-6-17(16)22)15-4-3-7-24-21(15)28-2/h3-7,12-13,23H,8-11,22H2,1-2H3. The van der Waals surface area contributed by atoms with Gasteiger partial charge in [0.2, 0.25) is 5.88 Å². The fraction of sp³-hybridized carbons (Fsp3) is 0.286. The third-order valence-corrected chi connectivity index (χ3v) is 5.06. The van der Waals surface area contributed by atoms with Crippen molar-refractivity contribution in [1.82, 2.24) is 14.8 Å². The van der Waals surface area contributed by atoms with E-state index in [0.29, 0.717) is 41.8 Å². The predicted octanol–water partition coefficient (Wildman–Crippen LogP) is 2.33. The Morgan fingerprint density at radius 1 is 1.21 bits per heavy atom. The second-order valence-electron chi connectivity index (χ2n) is 6.85. The predicted molar refractivity (Wildman–Crippen MR) is 113 cm³/mol. The van der Waals surface area contributed by atoms with Gasteiger partial charge in [-0.3, -0.25) is 10.1 Å². The summed E-state index contributed by atoms with van der Waals surface area (Å²) >= 11 is 0. The minimum Gasteiger partial charge on any atom is -0.481 e. The summed E-state index contributed by atoms with van der Waals surface area (Å²) in [5.41, 5.74) is 10.2. The SMILES string of the molecule is COc1ncccc1-c1ccc(N)c(C(=N)c2cc(N3CCOCC3)nn2C)c1. The van der Waals surface area contributed by atoms with E-state index < -0.39 is 0 Å². The summed E-state index contributed by atoms with van der Waals surface area (Å²) in [5.74, 6) is 1.38. The van der Waals surface area contributed by atoms with Crippen LogP contribution in [0, 0.1) is 5.41 Å². The molecule has 1 aliphatic heterocycles. The number of nitrogens with two attached hydrogens (primary N) is 1. The number of hydrogen-bond donors (Lipinski definition) is 2. The van der Waals surface area contributed by atoms with Gasteiger partial charge in [0.25, 0.3) is 0 Å². The highest BCUT2D eigenvalue weighted by Crippen LogP contribution is 2.31. The molecule has 4 rings (SSSR count). The molecule has 8 nitrogen and oxygen atoms in total. The summed E-state index contributed by atoms with van der Waals surface area (Å²) in [6.45, 7) is 2.96. The van der Waals surface area contributed by atoms with Gasteiger partial charge in [0, 0.05) is 49.2 Å². The Bertz CT molecular complexity index is 1040. The van der Waals surface area contributed by atoms with Crippen LogP contribution in [0.15, 0.2) is 42.6 Å². The molecule has 0 amide bonds. The maximum atomic E-state index is 8.81. The molecule has 0 saturated carbocycles. The van der Waals surface area contributed by atoms with Gasteiger partial charge >= 0.3 is 0 Å². The Labute approximate surface area is 169 Å². The van der Waals surface area contributed by atoms with E-state index in [1.54, 1.807) is 18.0 Å². The quantitative estimate of drug-likeness (QED) is 0.510. The van der Waals surface area contributed by atoms with E-state index >= 15 is 0 Å². The zero-order valence-electron chi connectivity index (χ0n) is 16.6. The maximum Gasteiger partial charge on any atom is 0.221 e. The molecular formula is C21H24N6O2. The summed E-state index contributed by atoms with van der Waals surface area (Å²) in [7, 11) is 3.44. The van der Waals surface area contributed by atoms with Crippen molar-refractivity contribution in [3.8, 4) is 17.0 Å². The number of nitrogen functional groups attached to an aromatic ring is 1. The zero-order chi connectivity index (χ0) is 20.4. The average molecular weight is 392 g/mol. The van der Waals surface area contributed by atoms with E-state index in [0.717, 1.165) is 30.0 Å². The molecule has 0 spiro atoms. The molecule has 1 saturated heterocycles. The zero-order valence-corrected chi connectivity index (χ0v) is 16.6. The maximum absolute atomic E-state index is 8.81. The van der Waals surface area contributed by atoms with Crippen molar-refractivity contribution in [3.05, 3.63) is 53.9 Å². The van der Waals surface area contributed by atoms with Crippen molar-refractivity contribution in [2.24, 2.45) is 7.05 Å². The summed E-state index contributed by atoms with van der Waals surface area (Å²) in [4.78, 5) is 6.43. The normalized spacial score (nSPS) is 14.1. The molecule has 0 atom stereocenters. The van der Waals surface area contributed by atoms with E-state index in [1.165, 1.54) is 0 Å². The van der Waals surface area contributed by atoms with E-state index in [-0.39, 0.29) is 0 Å². The Morgan fingerprint density at radius 2 is 2.00 bits per heavy atom. The molecule has 2 aromatic heterocycles. The van der Waals surface area contributed by atoms with Gasteiger partial charge in [-0.25, -0.2) is 4.98 Å². The number of ether oxygens (including phenoxy) is 2. The summed E-state index contributed by atoms with van der Waals surface area (Å²) < 4.78 is 12.5. The topological polar surface area (TPSA) is 102 Å². The number of aryl methyl sites for hydroxylation is 1. The fourth-order valence-electron chi connectivity index (χ4n) is 3.48. The number of methoxy groups -OCH3 is 1. The number of benzene rings is 1. The molecule has 0 aliphatic carbocycles. The Kier molecular flexibility index (Phi) is 5.18. The van der Waals surface area contributed by atoms with Gasteiger partial charge in [0.15, 0.2) is 5.82 Å². The second-order valence-corrected chi connectivity index (χ2v) is 6.85. The number of hydrogen-bond acceptors (Lipinski definition) is 7. The first-order valence-corrected chi connectivity index (χ1v) is 9.43. The van der Waals surface area contributed by atoms with Crippen molar-refractivity contribution in [2.75, 3.05) is 44.0 Å². The molecule has 1 aromatic carbocycles. The first-order chi connectivity index (χ1) is 14.1. The van der Waals surface area contributed by atoms with Gasteiger partial charge in [-0.05, 0) is 29.8 Å². The smallest absolute Gasteiger partial charge is 0.221 e. The molecule has 3 aromatic rings. The van der Waals surface area contributed by atoms with Gasteiger partial charge in [0.05, 0.1) is 31.7 Å². The highest BCUT2D eigenvalue weighted by Gasteiger charge is 2.20. The van der Waals surface area contributed by atoms with Gasteiger partial charge in [-0.15, -0.1) is 0 Å². The van der Waals surface area contributed by atoms with E-state index in [2.05, 4.69) is 15.0 Å². The van der Waals surface area contributed by atoms with Crippen molar-refractivity contribution < 1.29 is 9.47 Å². The van der Waals surface area contributed by atoms with Crippen LogP contribution < -0.4 is 15.4 Å². The summed E-state index contributed by atoms with van der Waals surface area (Å²) in [5, 5.41) is 13.4. The van der Waals surface area contributed by atoms with Crippen molar-refractivity contribution >= 4 is 17.2 Å². The van der Waals surface area contributed by atoms with Crippen LogP contribution >= 0.6 is 0 Å². The highest BCUT2D eigenvalue weighted by molar-refractivity contribution is 6.13. The Balaban J connectivity index is 1.70. The molecule has 150 valence electrons. The second kappa shape index (κ2) is 7.92. The van der Waals surface area contributed by atoms with E-state index in [4.69, 9.17) is 20.6 Å². The third kappa shape index (κ3) is 3.66. The fourth-order valence-corrected chi connectivity index (χ4v) is 3.48. The number of aromatic nitrogens is 3. The number of anilines is 2. The van der Waals surface area contributed by atoms with Crippen molar-refractivity contribution in [1.29, 1.82) is 5.41 Å². The number of rotatable bonds is 5. The molecule has 29 heavy (non-hydrogen) atoms. The molecular weight excluding hydrogens is 368 g/mol. The van der Waals surface area contributed by atoms with Crippen molar-refractivity contribution in [3.63, 3.8) is 0 Å². The highest BCUT2D eigenvalue weighted by atomic mass is 16.5. The van der Waals surface area contributed by atoms with Gasteiger partial charge in [-0.2, -0.15) is 5.10 Å². The monoisotopic (exact) mass is 392 g/mol. The largest absolute Gasteiger partial charge is 0.481 e. The summed E-state index contributed by atoms with van der Waals surface area (Å²) in [6, 6.07) is 11.3. The van der Waals surface area contributed by atoms with Crippen LogP contribution in [-0.2, 0) is 11.8 Å². The minimum absolute atomic E-state index is 0.321. The molecule has 3 heterocycles. The van der Waals surface area contributed by atoms with Crippen LogP contribution in [0.1, 0.15) is 11.3 Å². The lowest BCUT2D eigenvalue weighted by Crippen LogP contribution is -2.36. The molecule has 0 bridgehead atoms. The van der Waals surface area contributed by atoms with Gasteiger partial charge < -0.3 is 20.1 Å². The molecule has 0 unspecified atom stereocenters. The number of morpholine rings is 1. The minimum atomic E-state index is 0.321. The molecule has 8 heteroatoms. The number of pyridine rings is 1. The lowest BCUT2D eigenvalue weighted by molar-refractivity contribution is 0.122. The van der Waals surface area contributed by atoms with E-state index in [1.807, 2.05) is 43.4 Å². The van der Waals surface area contributed by atoms with Gasteiger partial charge in [-0.1, -0.05) is 6.07 Å². The summed E-state index contributed by atoms with van der Waals surface area (Å²) in [6.07, 6.45) is 1.69. The average Bonchev–Trinajstić information content (AvgIpc) is 3.16. The van der Waals surface area contributed by atoms with Crippen LogP contribution in [0.25, 0.3) is 11.1 Å². The molecule has 0 radical (unpaired) electrons. The lowest BCUT2D eigenvalue weighted by Gasteiger charge is -2.26. The van der Waals surface area contributed by atoms with Crippen LogP contribution in [0.4, 0.5) is 11.5 Å². The van der Waals surface area contributed by atoms with Crippen LogP contribution in [0.5, 0.6) is 5.88 Å². The van der Waals surface area contributed by atoms with E-state index in [9.17, 15) is 0 Å². The third-order valence-electron chi connectivity index (χ3n) is 5.06. The first kappa shape index (κ1) is 18.9. The van der Waals surface area contributed by atoms with Gasteiger partial charge in [0.1, 0.15) is 0 Å². The molecule has 1 aliphatic rings.